The second-order valence-electron chi connectivity index (χ2n) is 8.47. The molecule has 2 aromatic rings. The largest absolute Gasteiger partial charge is 0.447 e. The van der Waals surface area contributed by atoms with Crippen molar-refractivity contribution in [1.29, 1.82) is 0 Å². The van der Waals surface area contributed by atoms with Gasteiger partial charge in [-0.05, 0) is 31.9 Å². The minimum Gasteiger partial charge on any atom is -0.447 e. The normalized spacial score (nSPS) is 20.0. The predicted octanol–water partition coefficient (Wildman–Crippen LogP) is 4.01. The second-order valence-corrected chi connectivity index (χ2v) is 8.47. The van der Waals surface area contributed by atoms with Crippen molar-refractivity contribution >= 4 is 23.5 Å². The maximum atomic E-state index is 13.0. The Balaban J connectivity index is 1.47. The highest BCUT2D eigenvalue weighted by molar-refractivity contribution is 5.96. The highest BCUT2D eigenvalue weighted by atomic mass is 16.5. The summed E-state index contributed by atoms with van der Waals surface area (Å²) >= 11 is 0. The van der Waals surface area contributed by atoms with Gasteiger partial charge in [-0.2, -0.15) is 0 Å². The van der Waals surface area contributed by atoms with Crippen LogP contribution in [0.3, 0.4) is 0 Å². The highest BCUT2D eigenvalue weighted by Crippen LogP contribution is 2.31. The lowest BCUT2D eigenvalue weighted by Gasteiger charge is -2.24. The molecule has 31 heavy (non-hydrogen) atoms. The van der Waals surface area contributed by atoms with E-state index in [2.05, 4.69) is 5.32 Å². The number of hydrogen-bond donors (Lipinski definition) is 1. The van der Waals surface area contributed by atoms with Gasteiger partial charge < -0.3 is 15.0 Å². The zero-order valence-corrected chi connectivity index (χ0v) is 17.8. The number of nitrogens with one attached hydrogen (secondary N) is 1. The number of aryl methyl sites for hydroxylation is 1. The molecule has 2 fully saturated rings. The van der Waals surface area contributed by atoms with E-state index in [1.807, 2.05) is 42.2 Å². The zero-order valence-electron chi connectivity index (χ0n) is 17.8. The minimum atomic E-state index is -1.08. The molecule has 1 saturated heterocycles. The molecular weight excluding hydrogens is 392 g/mol. The molecule has 6 heteroatoms. The topological polar surface area (TPSA) is 75.7 Å². The number of amides is 2. The summed E-state index contributed by atoms with van der Waals surface area (Å²) < 4.78 is 5.71. The average Bonchev–Trinajstić information content (AvgIpc) is 3.43. The number of esters is 1. The van der Waals surface area contributed by atoms with Gasteiger partial charge in [0.05, 0.1) is 5.92 Å². The number of hydrogen-bond acceptors (Lipinski definition) is 4. The predicted molar refractivity (Wildman–Crippen MR) is 117 cm³/mol. The van der Waals surface area contributed by atoms with Gasteiger partial charge >= 0.3 is 5.97 Å². The van der Waals surface area contributed by atoms with Crippen molar-refractivity contribution in [2.45, 2.75) is 51.2 Å². The molecule has 4 rings (SSSR count). The van der Waals surface area contributed by atoms with E-state index in [4.69, 9.17) is 4.74 Å². The summed E-state index contributed by atoms with van der Waals surface area (Å²) in [5.41, 5.74) is 2.32. The van der Waals surface area contributed by atoms with Crippen molar-refractivity contribution in [1.82, 2.24) is 4.90 Å². The number of carbonyl (C=O) groups excluding carboxylic acids is 3. The summed E-state index contributed by atoms with van der Waals surface area (Å²) in [5.74, 6) is -1.44. The molecule has 6 nitrogen and oxygen atoms in total. The Hall–Kier alpha value is -3.15. The molecule has 1 N–H and O–H groups in total. The summed E-state index contributed by atoms with van der Waals surface area (Å²) in [5, 5.41) is 2.83. The van der Waals surface area contributed by atoms with Crippen LogP contribution in [0, 0.1) is 12.8 Å². The van der Waals surface area contributed by atoms with Crippen molar-refractivity contribution < 1.29 is 19.1 Å². The molecule has 1 heterocycles. The van der Waals surface area contributed by atoms with Gasteiger partial charge in [-0.1, -0.05) is 60.9 Å². The van der Waals surface area contributed by atoms with Crippen molar-refractivity contribution in [3.63, 3.8) is 0 Å². The zero-order chi connectivity index (χ0) is 21.8. The van der Waals surface area contributed by atoms with E-state index in [0.29, 0.717) is 17.8 Å². The van der Waals surface area contributed by atoms with Gasteiger partial charge in [0.2, 0.25) is 12.0 Å². The Morgan fingerprint density at radius 2 is 1.71 bits per heavy atom. The summed E-state index contributed by atoms with van der Waals surface area (Å²) in [7, 11) is 0. The molecule has 2 atom stereocenters. The van der Waals surface area contributed by atoms with E-state index in [-0.39, 0.29) is 18.4 Å². The maximum absolute atomic E-state index is 13.0. The Kier molecular flexibility index (Phi) is 6.35. The molecule has 1 aliphatic carbocycles. The molecular formula is C25H28N2O4. The van der Waals surface area contributed by atoms with E-state index in [1.165, 1.54) is 0 Å². The average molecular weight is 421 g/mol. The van der Waals surface area contributed by atoms with Crippen molar-refractivity contribution in [3.8, 4) is 0 Å². The van der Waals surface area contributed by atoms with E-state index < -0.39 is 23.9 Å². The number of rotatable bonds is 6. The number of ether oxygens (including phenoxy) is 1. The SMILES string of the molecule is Cc1ccc(NC(=O)[C@H](OC(=O)[C@H]2CC(=O)N(C3CCCC3)C2)c2ccccc2)cc1. The molecule has 0 bridgehead atoms. The number of nitrogens with zero attached hydrogens (tertiary/aromatic N) is 1. The molecule has 0 spiro atoms. The molecule has 0 aromatic heterocycles. The molecule has 1 aliphatic heterocycles. The van der Waals surface area contributed by atoms with Crippen LogP contribution in [0.4, 0.5) is 5.69 Å². The first-order valence-electron chi connectivity index (χ1n) is 10.9. The van der Waals surface area contributed by atoms with Gasteiger partial charge in [0.15, 0.2) is 0 Å². The van der Waals surface area contributed by atoms with Crippen LogP contribution in [0.25, 0.3) is 0 Å². The lowest BCUT2D eigenvalue weighted by molar-refractivity contribution is -0.158. The summed E-state index contributed by atoms with van der Waals surface area (Å²) in [6, 6.07) is 16.6. The first-order valence-corrected chi connectivity index (χ1v) is 10.9. The number of anilines is 1. The lowest BCUT2D eigenvalue weighted by atomic mass is 10.1. The Morgan fingerprint density at radius 1 is 1.03 bits per heavy atom. The van der Waals surface area contributed by atoms with Gasteiger partial charge in [-0.25, -0.2) is 0 Å². The van der Waals surface area contributed by atoms with Gasteiger partial charge in [-0.3, -0.25) is 14.4 Å². The van der Waals surface area contributed by atoms with Crippen molar-refractivity contribution in [2.24, 2.45) is 5.92 Å². The fourth-order valence-electron chi connectivity index (χ4n) is 4.42. The third-order valence-corrected chi connectivity index (χ3v) is 6.15. The number of likely N-dealkylation sites (tertiary alicyclic amines) is 1. The van der Waals surface area contributed by atoms with Crippen LogP contribution in [-0.4, -0.2) is 35.3 Å². The smallest absolute Gasteiger partial charge is 0.312 e. The third-order valence-electron chi connectivity index (χ3n) is 6.15. The Labute approximate surface area is 182 Å². The first-order chi connectivity index (χ1) is 15.0. The molecule has 162 valence electrons. The minimum absolute atomic E-state index is 0.00854. The highest BCUT2D eigenvalue weighted by Gasteiger charge is 2.40. The lowest BCUT2D eigenvalue weighted by Crippen LogP contribution is -2.35. The standard InChI is InChI=1S/C25H28N2O4/c1-17-11-13-20(14-12-17)26-24(29)23(18-7-3-2-4-8-18)31-25(30)19-15-22(28)27(16-19)21-9-5-6-10-21/h2-4,7-8,11-14,19,21,23H,5-6,9-10,15-16H2,1H3,(H,26,29)/t19-,23+/m0/s1. The van der Waals surface area contributed by atoms with E-state index in [0.717, 1.165) is 31.2 Å². The van der Waals surface area contributed by atoms with Crippen LogP contribution in [0.15, 0.2) is 54.6 Å². The number of carbonyl (C=O) groups is 3. The van der Waals surface area contributed by atoms with Crippen LogP contribution in [0.1, 0.15) is 49.3 Å². The van der Waals surface area contributed by atoms with Crippen LogP contribution in [0.2, 0.25) is 0 Å². The molecule has 2 amide bonds. The Bertz CT molecular complexity index is 936. The summed E-state index contributed by atoms with van der Waals surface area (Å²) in [4.78, 5) is 40.3. The van der Waals surface area contributed by atoms with Gasteiger partial charge in [0.25, 0.3) is 5.91 Å². The van der Waals surface area contributed by atoms with E-state index in [1.54, 1.807) is 24.3 Å². The van der Waals surface area contributed by atoms with Crippen LogP contribution >= 0.6 is 0 Å². The second kappa shape index (κ2) is 9.33. The number of benzene rings is 2. The van der Waals surface area contributed by atoms with Gasteiger partial charge in [-0.15, -0.1) is 0 Å². The molecule has 0 unspecified atom stereocenters. The maximum Gasteiger partial charge on any atom is 0.312 e. The molecule has 2 aromatic carbocycles. The van der Waals surface area contributed by atoms with Gasteiger partial charge in [0.1, 0.15) is 0 Å². The van der Waals surface area contributed by atoms with Crippen LogP contribution < -0.4 is 5.32 Å². The molecule has 0 radical (unpaired) electrons. The fourth-order valence-corrected chi connectivity index (χ4v) is 4.42. The molecule has 2 aliphatic rings. The van der Waals surface area contributed by atoms with Crippen molar-refractivity contribution in [3.05, 3.63) is 65.7 Å². The monoisotopic (exact) mass is 420 g/mol. The molecule has 1 saturated carbocycles. The van der Waals surface area contributed by atoms with Gasteiger partial charge in [0, 0.05) is 30.3 Å². The third kappa shape index (κ3) is 4.95. The van der Waals surface area contributed by atoms with E-state index in [9.17, 15) is 14.4 Å². The summed E-state index contributed by atoms with van der Waals surface area (Å²) in [6.45, 7) is 2.35. The van der Waals surface area contributed by atoms with Crippen molar-refractivity contribution in [2.75, 3.05) is 11.9 Å². The van der Waals surface area contributed by atoms with Crippen LogP contribution in [-0.2, 0) is 19.1 Å². The quantitative estimate of drug-likeness (QED) is 0.717. The summed E-state index contributed by atoms with van der Waals surface area (Å²) in [6.07, 6.45) is 3.32. The Morgan fingerprint density at radius 3 is 2.39 bits per heavy atom. The fraction of sp³-hybridized carbons (Fsp3) is 0.400. The first kappa shape index (κ1) is 21.1. The van der Waals surface area contributed by atoms with Crippen LogP contribution in [0.5, 0.6) is 0 Å². The van der Waals surface area contributed by atoms with E-state index >= 15 is 0 Å².